The first-order valence-electron chi connectivity index (χ1n) is 15.9. The van der Waals surface area contributed by atoms with Crippen molar-refractivity contribution >= 4 is 102 Å². The lowest BCUT2D eigenvalue weighted by Crippen LogP contribution is -2.09. The second-order valence-corrected chi connectivity index (χ2v) is 14.2. The van der Waals surface area contributed by atoms with E-state index in [1.807, 2.05) is 22.7 Å². The summed E-state index contributed by atoms with van der Waals surface area (Å²) in [5.41, 5.74) is 5.99. The molecule has 220 valence electrons. The summed E-state index contributed by atoms with van der Waals surface area (Å²) in [5.74, 6) is 0. The molecule has 0 saturated carbocycles. The average Bonchev–Trinajstić information content (AvgIpc) is 3.71. The number of hydrogen-bond acceptors (Lipinski definition) is 3. The van der Waals surface area contributed by atoms with Gasteiger partial charge in [0.1, 0.15) is 0 Å². The summed E-state index contributed by atoms with van der Waals surface area (Å²) >= 11 is 3.78. The number of thiophene rings is 2. The fourth-order valence-corrected chi connectivity index (χ4v) is 9.68. The molecule has 0 radical (unpaired) electrons. The zero-order valence-electron chi connectivity index (χ0n) is 25.4. The van der Waals surface area contributed by atoms with Crippen LogP contribution < -0.4 is 4.90 Å². The number of rotatable bonds is 4. The lowest BCUT2D eigenvalue weighted by Gasteiger charge is -2.25. The number of fused-ring (bicyclic) bond motifs is 10. The van der Waals surface area contributed by atoms with Gasteiger partial charge in [-0.3, -0.25) is 0 Å². The number of hydrogen-bond donors (Lipinski definition) is 0. The van der Waals surface area contributed by atoms with Gasteiger partial charge in [-0.2, -0.15) is 0 Å². The summed E-state index contributed by atoms with van der Waals surface area (Å²) in [6.07, 6.45) is 0. The van der Waals surface area contributed by atoms with Crippen LogP contribution in [0.2, 0.25) is 0 Å². The van der Waals surface area contributed by atoms with Gasteiger partial charge in [0, 0.05) is 57.4 Å². The highest BCUT2D eigenvalue weighted by molar-refractivity contribution is 7.27. The van der Waals surface area contributed by atoms with Gasteiger partial charge in [-0.1, -0.05) is 109 Å². The lowest BCUT2D eigenvalue weighted by atomic mass is 9.95. The Morgan fingerprint density at radius 3 is 1.89 bits per heavy atom. The van der Waals surface area contributed by atoms with Gasteiger partial charge >= 0.3 is 0 Å². The van der Waals surface area contributed by atoms with Crippen LogP contribution in [0.1, 0.15) is 0 Å². The van der Waals surface area contributed by atoms with E-state index in [2.05, 4.69) is 169 Å². The van der Waals surface area contributed by atoms with Crippen molar-refractivity contribution in [1.82, 2.24) is 0 Å². The zero-order chi connectivity index (χ0) is 30.9. The van der Waals surface area contributed by atoms with Crippen LogP contribution in [0.3, 0.4) is 0 Å². The molecule has 1 nitrogen and oxygen atoms in total. The van der Waals surface area contributed by atoms with Gasteiger partial charge in [-0.15, -0.1) is 22.7 Å². The molecule has 2 aromatic heterocycles. The molecule has 47 heavy (non-hydrogen) atoms. The maximum atomic E-state index is 2.41. The fourth-order valence-electron chi connectivity index (χ4n) is 7.28. The predicted molar refractivity (Wildman–Crippen MR) is 207 cm³/mol. The van der Waals surface area contributed by atoms with Crippen molar-refractivity contribution in [3.8, 4) is 11.1 Å². The molecule has 0 aliphatic carbocycles. The molecule has 0 bridgehead atoms. The molecule has 10 aromatic rings. The molecule has 3 heteroatoms. The Morgan fingerprint density at radius 2 is 1.04 bits per heavy atom. The smallest absolute Gasteiger partial charge is 0.0476 e. The molecular formula is C44H27NS2. The van der Waals surface area contributed by atoms with Gasteiger partial charge in [0.2, 0.25) is 0 Å². The molecule has 0 N–H and O–H groups in total. The predicted octanol–water partition coefficient (Wildman–Crippen LogP) is 13.9. The SMILES string of the molecule is c1ccc(-c2cc3ccccc3c3sc4ccc(N(c5ccccc5)c5ccc6c(c5)sc5ccc7ccccc7c56)cc4c23)cc1. The summed E-state index contributed by atoms with van der Waals surface area (Å²) in [4.78, 5) is 2.41. The van der Waals surface area contributed by atoms with E-state index in [0.717, 1.165) is 17.1 Å². The van der Waals surface area contributed by atoms with Gasteiger partial charge in [0.15, 0.2) is 0 Å². The van der Waals surface area contributed by atoms with Crippen molar-refractivity contribution in [3.63, 3.8) is 0 Å². The Morgan fingerprint density at radius 1 is 0.362 bits per heavy atom. The number of anilines is 3. The number of nitrogens with zero attached hydrogens (tertiary/aromatic N) is 1. The third-order valence-corrected chi connectivity index (χ3v) is 11.7. The minimum absolute atomic E-state index is 1.14. The average molecular weight is 634 g/mol. The fraction of sp³-hybridized carbons (Fsp3) is 0. The van der Waals surface area contributed by atoms with Crippen LogP contribution in [0, 0.1) is 0 Å². The van der Waals surface area contributed by atoms with Crippen LogP contribution in [-0.2, 0) is 0 Å². The van der Waals surface area contributed by atoms with E-state index in [9.17, 15) is 0 Å². The monoisotopic (exact) mass is 633 g/mol. The van der Waals surface area contributed by atoms with Crippen molar-refractivity contribution in [3.05, 3.63) is 164 Å². The van der Waals surface area contributed by atoms with Crippen LogP contribution in [-0.4, -0.2) is 0 Å². The Bertz CT molecular complexity index is 2790. The van der Waals surface area contributed by atoms with Crippen molar-refractivity contribution in [2.75, 3.05) is 4.90 Å². The number of benzene rings is 8. The van der Waals surface area contributed by atoms with Crippen LogP contribution in [0.25, 0.3) is 73.0 Å². The van der Waals surface area contributed by atoms with E-state index in [0.29, 0.717) is 0 Å². The van der Waals surface area contributed by atoms with E-state index >= 15 is 0 Å². The summed E-state index contributed by atoms with van der Waals surface area (Å²) in [5, 5.41) is 10.5. The van der Waals surface area contributed by atoms with Crippen LogP contribution in [0.5, 0.6) is 0 Å². The Hall–Kier alpha value is -5.48. The number of para-hydroxylation sites is 1. The van der Waals surface area contributed by atoms with Crippen LogP contribution >= 0.6 is 22.7 Å². The van der Waals surface area contributed by atoms with Crippen molar-refractivity contribution in [1.29, 1.82) is 0 Å². The maximum absolute atomic E-state index is 2.41. The molecule has 0 aliphatic heterocycles. The third kappa shape index (κ3) is 4.21. The summed E-state index contributed by atoms with van der Waals surface area (Å²) in [6.45, 7) is 0. The zero-order valence-corrected chi connectivity index (χ0v) is 27.0. The molecule has 10 rings (SSSR count). The summed E-state index contributed by atoms with van der Waals surface area (Å²) in [7, 11) is 0. The summed E-state index contributed by atoms with van der Waals surface area (Å²) < 4.78 is 5.28. The first-order chi connectivity index (χ1) is 23.3. The van der Waals surface area contributed by atoms with E-state index < -0.39 is 0 Å². The third-order valence-electron chi connectivity index (χ3n) is 9.41. The second-order valence-electron chi connectivity index (χ2n) is 12.1. The minimum Gasteiger partial charge on any atom is -0.310 e. The van der Waals surface area contributed by atoms with Crippen LogP contribution in [0.4, 0.5) is 17.1 Å². The summed E-state index contributed by atoms with van der Waals surface area (Å²) in [6, 6.07) is 60.0. The molecule has 0 spiro atoms. The maximum Gasteiger partial charge on any atom is 0.0476 e. The Kier molecular flexibility index (Phi) is 5.98. The molecule has 0 atom stereocenters. The highest BCUT2D eigenvalue weighted by atomic mass is 32.1. The van der Waals surface area contributed by atoms with Gasteiger partial charge in [0.05, 0.1) is 0 Å². The van der Waals surface area contributed by atoms with Gasteiger partial charge in [-0.05, 0) is 87.3 Å². The normalized spacial score (nSPS) is 11.8. The second kappa shape index (κ2) is 10.5. The standard InChI is InChI=1S/C44H27NS2/c1-3-11-28(12-4-1)37-25-30-14-8-10-18-35(30)44-43(37)38-26-32(21-24-39(38)47-44)45(31-15-5-2-6-16-31)33-20-22-36-41(27-33)46-40-23-19-29-13-7-9-17-34(29)42(36)40/h1-27H. The molecule has 0 saturated heterocycles. The molecular weight excluding hydrogens is 607 g/mol. The topological polar surface area (TPSA) is 3.24 Å². The van der Waals surface area contributed by atoms with Gasteiger partial charge < -0.3 is 4.90 Å². The van der Waals surface area contributed by atoms with Crippen molar-refractivity contribution in [2.24, 2.45) is 0 Å². The van der Waals surface area contributed by atoms with E-state index in [4.69, 9.17) is 0 Å². The minimum atomic E-state index is 1.14. The lowest BCUT2D eigenvalue weighted by molar-refractivity contribution is 1.30. The quantitative estimate of drug-likeness (QED) is 0.186. The molecule has 0 unspecified atom stereocenters. The van der Waals surface area contributed by atoms with E-state index in [1.54, 1.807) is 0 Å². The molecule has 2 heterocycles. The van der Waals surface area contributed by atoms with Gasteiger partial charge in [0.25, 0.3) is 0 Å². The molecule has 0 aliphatic rings. The molecule has 0 fully saturated rings. The van der Waals surface area contributed by atoms with Crippen LogP contribution in [0.15, 0.2) is 164 Å². The highest BCUT2D eigenvalue weighted by Crippen LogP contribution is 2.47. The molecule has 0 amide bonds. The first-order valence-corrected chi connectivity index (χ1v) is 17.6. The largest absolute Gasteiger partial charge is 0.310 e. The Labute approximate surface area is 280 Å². The highest BCUT2D eigenvalue weighted by Gasteiger charge is 2.19. The molecule has 8 aromatic carbocycles. The van der Waals surface area contributed by atoms with Crippen molar-refractivity contribution in [2.45, 2.75) is 0 Å². The Balaban J connectivity index is 1.22. The first kappa shape index (κ1) is 26.7. The van der Waals surface area contributed by atoms with E-state index in [1.165, 1.54) is 73.0 Å². The van der Waals surface area contributed by atoms with Crippen molar-refractivity contribution < 1.29 is 0 Å². The van der Waals surface area contributed by atoms with E-state index in [-0.39, 0.29) is 0 Å². The van der Waals surface area contributed by atoms with Gasteiger partial charge in [-0.25, -0.2) is 0 Å².